The first-order valence-corrected chi connectivity index (χ1v) is 13.5. The van der Waals surface area contributed by atoms with Gasteiger partial charge in [0.25, 0.3) is 0 Å². The zero-order chi connectivity index (χ0) is 26.6. The third kappa shape index (κ3) is 7.10. The number of aromatic amines is 1. The third-order valence-corrected chi connectivity index (χ3v) is 6.89. The molecule has 2 N–H and O–H groups in total. The van der Waals surface area contributed by atoms with Crippen LogP contribution in [0.25, 0.3) is 16.6 Å². The highest BCUT2D eigenvalue weighted by Crippen LogP contribution is 2.35. The predicted molar refractivity (Wildman–Crippen MR) is 159 cm³/mol. The SMILES string of the molecule is C=N/C=C(/C)C=NCCC(=C/C1=C(CC)CCC=C1CC)/C(CNC)=C(\CC)c1ncnc2[nH]ccc12. The smallest absolute Gasteiger partial charge is 0.141 e. The summed E-state index contributed by atoms with van der Waals surface area (Å²) in [7, 11) is 2.01. The number of rotatable bonds is 13. The highest BCUT2D eigenvalue weighted by atomic mass is 14.9. The molecule has 0 bridgehead atoms. The van der Waals surface area contributed by atoms with Gasteiger partial charge in [-0.05, 0) is 98.7 Å². The molecule has 3 rings (SSSR count). The zero-order valence-corrected chi connectivity index (χ0v) is 23.2. The quantitative estimate of drug-likeness (QED) is 0.227. The first-order valence-electron chi connectivity index (χ1n) is 13.5. The molecule has 196 valence electrons. The van der Waals surface area contributed by atoms with Crippen LogP contribution in [0.4, 0.5) is 0 Å². The lowest BCUT2D eigenvalue weighted by Gasteiger charge is -2.22. The number of fused-ring (bicyclic) bond motifs is 1. The zero-order valence-electron chi connectivity index (χ0n) is 23.2. The topological polar surface area (TPSA) is 78.3 Å². The lowest BCUT2D eigenvalue weighted by molar-refractivity contribution is 0.841. The molecule has 0 atom stereocenters. The molecule has 0 saturated heterocycles. The summed E-state index contributed by atoms with van der Waals surface area (Å²) < 4.78 is 0. The van der Waals surface area contributed by atoms with Gasteiger partial charge in [-0.2, -0.15) is 0 Å². The van der Waals surface area contributed by atoms with Gasteiger partial charge in [0.1, 0.15) is 12.0 Å². The van der Waals surface area contributed by atoms with Crippen LogP contribution in [0, 0.1) is 0 Å². The monoisotopic (exact) mass is 498 g/mol. The van der Waals surface area contributed by atoms with Gasteiger partial charge in [-0.25, -0.2) is 9.97 Å². The maximum atomic E-state index is 4.76. The van der Waals surface area contributed by atoms with Crippen molar-refractivity contribution in [1.29, 1.82) is 0 Å². The Balaban J connectivity index is 2.19. The van der Waals surface area contributed by atoms with Gasteiger partial charge in [0, 0.05) is 37.1 Å². The van der Waals surface area contributed by atoms with Crippen molar-refractivity contribution in [2.24, 2.45) is 9.98 Å². The average Bonchev–Trinajstić information content (AvgIpc) is 3.40. The van der Waals surface area contributed by atoms with Crippen LogP contribution in [0.5, 0.6) is 0 Å². The Labute approximate surface area is 222 Å². The number of likely N-dealkylation sites (N-methyl/N-ethyl adjacent to an activating group) is 1. The molecule has 2 aromatic heterocycles. The molecule has 37 heavy (non-hydrogen) atoms. The second-order valence-corrected chi connectivity index (χ2v) is 9.31. The number of aliphatic imine (C=N–C) groups is 2. The molecule has 0 spiro atoms. The van der Waals surface area contributed by atoms with Crippen molar-refractivity contribution in [2.75, 3.05) is 20.1 Å². The minimum Gasteiger partial charge on any atom is -0.346 e. The minimum atomic E-state index is 0.696. The molecule has 0 radical (unpaired) electrons. The molecule has 2 aromatic rings. The molecule has 0 unspecified atom stereocenters. The van der Waals surface area contributed by atoms with Crippen LogP contribution in [0.1, 0.15) is 71.9 Å². The van der Waals surface area contributed by atoms with Crippen LogP contribution in [0.3, 0.4) is 0 Å². The highest BCUT2D eigenvalue weighted by Gasteiger charge is 2.19. The summed E-state index contributed by atoms with van der Waals surface area (Å²) >= 11 is 0. The molecule has 2 heterocycles. The number of nitrogens with zero attached hydrogens (tertiary/aromatic N) is 4. The van der Waals surface area contributed by atoms with Gasteiger partial charge < -0.3 is 10.3 Å². The maximum Gasteiger partial charge on any atom is 0.141 e. The number of nitrogens with one attached hydrogen (secondary N) is 2. The molecule has 0 aromatic carbocycles. The number of H-pyrrole nitrogens is 1. The van der Waals surface area contributed by atoms with Crippen LogP contribution < -0.4 is 5.32 Å². The molecule has 0 aliphatic heterocycles. The van der Waals surface area contributed by atoms with E-state index in [4.69, 9.17) is 9.98 Å². The summed E-state index contributed by atoms with van der Waals surface area (Å²) in [5, 5.41) is 4.50. The lowest BCUT2D eigenvalue weighted by atomic mass is 9.84. The largest absolute Gasteiger partial charge is 0.346 e. The van der Waals surface area contributed by atoms with Crippen LogP contribution in [0.15, 0.2) is 80.4 Å². The van der Waals surface area contributed by atoms with Crippen LogP contribution >= 0.6 is 0 Å². The summed E-state index contributed by atoms with van der Waals surface area (Å²) in [6.07, 6.45) is 18.2. The molecule has 1 aliphatic rings. The Morgan fingerprint density at radius 3 is 2.76 bits per heavy atom. The number of hydrogen-bond donors (Lipinski definition) is 2. The van der Waals surface area contributed by atoms with Gasteiger partial charge in [0.2, 0.25) is 0 Å². The van der Waals surface area contributed by atoms with Crippen molar-refractivity contribution < 1.29 is 0 Å². The summed E-state index contributed by atoms with van der Waals surface area (Å²) in [6.45, 7) is 13.7. The van der Waals surface area contributed by atoms with E-state index in [1.165, 1.54) is 27.9 Å². The van der Waals surface area contributed by atoms with E-state index in [2.05, 4.69) is 66.0 Å². The van der Waals surface area contributed by atoms with E-state index < -0.39 is 0 Å². The minimum absolute atomic E-state index is 0.696. The standard InChI is InChI=1S/C31H42N6/c1-7-23-11-10-12-24(8-2)28(23)17-25(13-15-34-19-22(4)18-32-5)29(20-33-6)26(9-3)30-27-14-16-35-31(27)37-21-36-30/h11,14,16-19,21,33H,5,7-10,12-13,15,20H2,1-4,6H3,(H,35,36,37)/b22-18-,25-17-,29-26+,34-19?. The van der Waals surface area contributed by atoms with Gasteiger partial charge >= 0.3 is 0 Å². The van der Waals surface area contributed by atoms with E-state index in [9.17, 15) is 0 Å². The van der Waals surface area contributed by atoms with Crippen LogP contribution in [-0.2, 0) is 0 Å². The predicted octanol–water partition coefficient (Wildman–Crippen LogP) is 7.17. The Morgan fingerprint density at radius 2 is 2.05 bits per heavy atom. The Hall–Kier alpha value is -3.38. The average molecular weight is 499 g/mol. The van der Waals surface area contributed by atoms with E-state index in [0.29, 0.717) is 6.54 Å². The molecule has 0 fully saturated rings. The molecular weight excluding hydrogens is 456 g/mol. The van der Waals surface area contributed by atoms with Gasteiger partial charge in [-0.15, -0.1) is 0 Å². The van der Waals surface area contributed by atoms with Crippen molar-refractivity contribution in [2.45, 2.75) is 66.2 Å². The van der Waals surface area contributed by atoms with Crippen molar-refractivity contribution in [3.05, 3.63) is 76.1 Å². The summed E-state index contributed by atoms with van der Waals surface area (Å²) in [5.74, 6) is 0. The van der Waals surface area contributed by atoms with E-state index in [-0.39, 0.29) is 0 Å². The molecule has 0 saturated carbocycles. The molecule has 0 amide bonds. The van der Waals surface area contributed by atoms with E-state index in [0.717, 1.165) is 67.4 Å². The molecular formula is C31H42N6. The van der Waals surface area contributed by atoms with Crippen molar-refractivity contribution in [3.8, 4) is 0 Å². The van der Waals surface area contributed by atoms with Gasteiger partial charge in [-0.3, -0.25) is 9.98 Å². The van der Waals surface area contributed by atoms with Gasteiger partial charge in [-0.1, -0.05) is 38.5 Å². The van der Waals surface area contributed by atoms with Gasteiger partial charge in [0.05, 0.1) is 5.69 Å². The van der Waals surface area contributed by atoms with E-state index in [1.54, 1.807) is 18.1 Å². The first kappa shape index (κ1) is 28.2. The van der Waals surface area contributed by atoms with Gasteiger partial charge in [0.15, 0.2) is 0 Å². The number of allylic oxidation sites excluding steroid dienone is 7. The fourth-order valence-corrected chi connectivity index (χ4v) is 5.07. The third-order valence-electron chi connectivity index (χ3n) is 6.89. The molecule has 1 aliphatic carbocycles. The Kier molecular flexibility index (Phi) is 11.0. The summed E-state index contributed by atoms with van der Waals surface area (Å²) in [4.78, 5) is 21.0. The first-order chi connectivity index (χ1) is 18.1. The van der Waals surface area contributed by atoms with E-state index >= 15 is 0 Å². The fraction of sp³-hybridized carbons (Fsp3) is 0.419. The van der Waals surface area contributed by atoms with Crippen LogP contribution in [-0.4, -0.2) is 48.0 Å². The lowest BCUT2D eigenvalue weighted by Crippen LogP contribution is -2.15. The highest BCUT2D eigenvalue weighted by molar-refractivity contribution is 5.90. The van der Waals surface area contributed by atoms with Crippen molar-refractivity contribution in [3.63, 3.8) is 0 Å². The normalized spacial score (nSPS) is 16.0. The van der Waals surface area contributed by atoms with E-state index in [1.807, 2.05) is 26.4 Å². The number of aromatic nitrogens is 3. The van der Waals surface area contributed by atoms with Crippen molar-refractivity contribution >= 4 is 29.5 Å². The Bertz CT molecular complexity index is 1270. The second-order valence-electron chi connectivity index (χ2n) is 9.31. The summed E-state index contributed by atoms with van der Waals surface area (Å²) in [6, 6.07) is 2.07. The fourth-order valence-electron chi connectivity index (χ4n) is 5.07. The maximum absolute atomic E-state index is 4.76. The second kappa shape index (κ2) is 14.4. The molecule has 6 nitrogen and oxygen atoms in total. The summed E-state index contributed by atoms with van der Waals surface area (Å²) in [5.41, 5.74) is 11.2. The number of hydrogen-bond acceptors (Lipinski definition) is 5. The van der Waals surface area contributed by atoms with Crippen molar-refractivity contribution in [1.82, 2.24) is 20.3 Å². The van der Waals surface area contributed by atoms with Crippen LogP contribution in [0.2, 0.25) is 0 Å². The Morgan fingerprint density at radius 1 is 1.22 bits per heavy atom. The molecule has 6 heteroatoms.